The average molecular weight is 185 g/mol. The Morgan fingerprint density at radius 3 is 3.23 bits per heavy atom. The second kappa shape index (κ2) is 3.64. The Kier molecular flexibility index (Phi) is 2.51. The molecule has 0 aromatic carbocycles. The van der Waals surface area contributed by atoms with E-state index in [1.54, 1.807) is 0 Å². The molecule has 2 fully saturated rings. The van der Waals surface area contributed by atoms with Crippen molar-refractivity contribution in [2.75, 3.05) is 13.2 Å². The van der Waals surface area contributed by atoms with Crippen LogP contribution >= 0.6 is 0 Å². The predicted octanol–water partition coefficient (Wildman–Crippen LogP) is 0.0689. The zero-order chi connectivity index (χ0) is 9.26. The summed E-state index contributed by atoms with van der Waals surface area (Å²) in [7, 11) is 0. The first-order chi connectivity index (χ1) is 6.31. The molecule has 0 saturated carbocycles. The smallest absolute Gasteiger partial charge is 0.323 e. The molecule has 4 nitrogen and oxygen atoms in total. The van der Waals surface area contributed by atoms with Gasteiger partial charge in [-0.05, 0) is 13.3 Å². The number of carbonyl (C=O) groups excluding carboxylic acids is 1. The van der Waals surface area contributed by atoms with Gasteiger partial charge in [0, 0.05) is 19.1 Å². The highest BCUT2D eigenvalue weighted by Gasteiger charge is 2.41. The summed E-state index contributed by atoms with van der Waals surface area (Å²) in [5.74, 6) is -0.138. The van der Waals surface area contributed by atoms with E-state index < -0.39 is 0 Å². The summed E-state index contributed by atoms with van der Waals surface area (Å²) in [6.07, 6.45) is 2.01. The first kappa shape index (κ1) is 8.97. The van der Waals surface area contributed by atoms with Crippen molar-refractivity contribution in [3.05, 3.63) is 0 Å². The molecule has 0 unspecified atom stereocenters. The van der Waals surface area contributed by atoms with Gasteiger partial charge in [-0.15, -0.1) is 0 Å². The van der Waals surface area contributed by atoms with E-state index >= 15 is 0 Å². The molecule has 2 saturated heterocycles. The normalized spacial score (nSPS) is 37.5. The van der Waals surface area contributed by atoms with Gasteiger partial charge in [-0.1, -0.05) is 0 Å². The van der Waals surface area contributed by atoms with Gasteiger partial charge >= 0.3 is 5.97 Å². The van der Waals surface area contributed by atoms with Crippen molar-refractivity contribution in [1.82, 2.24) is 5.32 Å². The number of carbonyl (C=O) groups is 1. The van der Waals surface area contributed by atoms with E-state index in [0.717, 1.165) is 19.4 Å². The van der Waals surface area contributed by atoms with Gasteiger partial charge in [0.25, 0.3) is 0 Å². The second-order valence-electron chi connectivity index (χ2n) is 3.51. The van der Waals surface area contributed by atoms with Crippen LogP contribution in [-0.2, 0) is 14.3 Å². The van der Waals surface area contributed by atoms with E-state index in [0.29, 0.717) is 12.6 Å². The molecule has 2 aliphatic heterocycles. The predicted molar refractivity (Wildman–Crippen MR) is 46.3 cm³/mol. The number of rotatable bonds is 2. The van der Waals surface area contributed by atoms with Gasteiger partial charge in [0.15, 0.2) is 0 Å². The van der Waals surface area contributed by atoms with Crippen LogP contribution in [0, 0.1) is 0 Å². The lowest BCUT2D eigenvalue weighted by Crippen LogP contribution is -2.36. The van der Waals surface area contributed by atoms with Gasteiger partial charge in [0.2, 0.25) is 0 Å². The van der Waals surface area contributed by atoms with Crippen molar-refractivity contribution in [2.24, 2.45) is 0 Å². The average Bonchev–Trinajstić information content (AvgIpc) is 2.61. The molecule has 74 valence electrons. The molecule has 1 N–H and O–H groups in total. The zero-order valence-corrected chi connectivity index (χ0v) is 7.79. The van der Waals surface area contributed by atoms with Gasteiger partial charge < -0.3 is 9.47 Å². The molecule has 13 heavy (non-hydrogen) atoms. The van der Waals surface area contributed by atoms with Crippen LogP contribution in [0.5, 0.6) is 0 Å². The minimum absolute atomic E-state index is 0.138. The minimum Gasteiger partial charge on any atom is -0.465 e. The maximum atomic E-state index is 11.3. The Morgan fingerprint density at radius 1 is 1.69 bits per heavy atom. The third-order valence-corrected chi connectivity index (χ3v) is 2.66. The summed E-state index contributed by atoms with van der Waals surface area (Å²) in [4.78, 5) is 11.3. The third kappa shape index (κ3) is 1.69. The Morgan fingerprint density at radius 2 is 2.54 bits per heavy atom. The molecule has 0 bridgehead atoms. The maximum absolute atomic E-state index is 11.3. The molecular weight excluding hydrogens is 170 g/mol. The van der Waals surface area contributed by atoms with Crippen LogP contribution in [-0.4, -0.2) is 37.4 Å². The van der Waals surface area contributed by atoms with Gasteiger partial charge in [0.05, 0.1) is 12.7 Å². The van der Waals surface area contributed by atoms with Crippen molar-refractivity contribution < 1.29 is 14.3 Å². The monoisotopic (exact) mass is 185 g/mol. The number of esters is 1. The molecule has 3 atom stereocenters. The standard InChI is InChI=1S/C9H15NO3/c1-2-12-9(11)7-5-8-6(10-7)3-4-13-8/h6-8,10H,2-5H2,1H3/t6-,7-,8-/m0/s1. The molecule has 0 radical (unpaired) electrons. The lowest BCUT2D eigenvalue weighted by molar-refractivity contribution is -0.145. The molecule has 2 rings (SSSR count). The zero-order valence-electron chi connectivity index (χ0n) is 7.79. The third-order valence-electron chi connectivity index (χ3n) is 2.66. The van der Waals surface area contributed by atoms with Crippen molar-refractivity contribution in [3.63, 3.8) is 0 Å². The molecule has 2 heterocycles. The SMILES string of the molecule is CCOC(=O)[C@@H]1C[C@@H]2OCC[C@@H]2N1. The topological polar surface area (TPSA) is 47.6 Å². The van der Waals surface area contributed by atoms with Crippen molar-refractivity contribution in [2.45, 2.75) is 38.0 Å². The van der Waals surface area contributed by atoms with Crippen LogP contribution in [0.15, 0.2) is 0 Å². The summed E-state index contributed by atoms with van der Waals surface area (Å²) in [5.41, 5.74) is 0. The van der Waals surface area contributed by atoms with Gasteiger partial charge in [-0.25, -0.2) is 0 Å². The molecule has 0 amide bonds. The van der Waals surface area contributed by atoms with Gasteiger partial charge in [-0.2, -0.15) is 0 Å². The van der Waals surface area contributed by atoms with E-state index in [4.69, 9.17) is 9.47 Å². The highest BCUT2D eigenvalue weighted by molar-refractivity contribution is 5.76. The van der Waals surface area contributed by atoms with Crippen molar-refractivity contribution in [1.29, 1.82) is 0 Å². The largest absolute Gasteiger partial charge is 0.465 e. The van der Waals surface area contributed by atoms with Crippen LogP contribution in [0.25, 0.3) is 0 Å². The quantitative estimate of drug-likeness (QED) is 0.618. The fraction of sp³-hybridized carbons (Fsp3) is 0.889. The first-order valence-electron chi connectivity index (χ1n) is 4.85. The number of hydrogen-bond donors (Lipinski definition) is 1. The minimum atomic E-state index is -0.143. The number of ether oxygens (including phenoxy) is 2. The molecule has 4 heteroatoms. The van der Waals surface area contributed by atoms with E-state index in [2.05, 4.69) is 5.32 Å². The van der Waals surface area contributed by atoms with Crippen molar-refractivity contribution >= 4 is 5.97 Å². The van der Waals surface area contributed by atoms with Crippen LogP contribution < -0.4 is 5.32 Å². The molecular formula is C9H15NO3. The van der Waals surface area contributed by atoms with Gasteiger partial charge in [-0.3, -0.25) is 10.1 Å². The Hall–Kier alpha value is -0.610. The maximum Gasteiger partial charge on any atom is 0.323 e. The lowest BCUT2D eigenvalue weighted by atomic mass is 10.1. The molecule has 0 aliphatic carbocycles. The summed E-state index contributed by atoms with van der Waals surface area (Å²) in [6, 6.07) is 0.227. The van der Waals surface area contributed by atoms with Crippen LogP contribution in [0.2, 0.25) is 0 Å². The Balaban J connectivity index is 1.87. The van der Waals surface area contributed by atoms with E-state index in [1.807, 2.05) is 6.92 Å². The second-order valence-corrected chi connectivity index (χ2v) is 3.51. The number of fused-ring (bicyclic) bond motifs is 1. The highest BCUT2D eigenvalue weighted by Crippen LogP contribution is 2.25. The fourth-order valence-corrected chi connectivity index (χ4v) is 2.04. The van der Waals surface area contributed by atoms with E-state index in [-0.39, 0.29) is 18.1 Å². The number of nitrogens with one attached hydrogen (secondary N) is 1. The molecule has 0 aromatic heterocycles. The van der Waals surface area contributed by atoms with E-state index in [9.17, 15) is 4.79 Å². The van der Waals surface area contributed by atoms with Crippen LogP contribution in [0.4, 0.5) is 0 Å². The summed E-state index contributed by atoms with van der Waals surface area (Å²) < 4.78 is 10.4. The highest BCUT2D eigenvalue weighted by atomic mass is 16.5. The van der Waals surface area contributed by atoms with Crippen LogP contribution in [0.1, 0.15) is 19.8 Å². The Labute approximate surface area is 77.6 Å². The van der Waals surface area contributed by atoms with E-state index in [1.165, 1.54) is 0 Å². The number of hydrogen-bond acceptors (Lipinski definition) is 4. The molecule has 0 aromatic rings. The Bertz CT molecular complexity index is 195. The fourth-order valence-electron chi connectivity index (χ4n) is 2.04. The molecule has 2 aliphatic rings. The van der Waals surface area contributed by atoms with Crippen molar-refractivity contribution in [3.8, 4) is 0 Å². The molecule has 0 spiro atoms. The van der Waals surface area contributed by atoms with Crippen LogP contribution in [0.3, 0.4) is 0 Å². The first-order valence-corrected chi connectivity index (χ1v) is 4.85. The van der Waals surface area contributed by atoms with Gasteiger partial charge in [0.1, 0.15) is 6.04 Å². The summed E-state index contributed by atoms with van der Waals surface area (Å²) in [5, 5.41) is 3.24. The summed E-state index contributed by atoms with van der Waals surface area (Å²) >= 11 is 0. The summed E-state index contributed by atoms with van der Waals surface area (Å²) in [6.45, 7) is 3.09. The lowest BCUT2D eigenvalue weighted by Gasteiger charge is -2.10.